The zero-order chi connectivity index (χ0) is 16.9. The monoisotopic (exact) mass is 362 g/mol. The molecular weight excluding hydrogens is 347 g/mol. The molecule has 2 aliphatic rings. The van der Waals surface area contributed by atoms with E-state index in [1.54, 1.807) is 0 Å². The predicted molar refractivity (Wildman–Crippen MR) is 81.7 cm³/mol. The lowest BCUT2D eigenvalue weighted by atomic mass is 10.1. The van der Waals surface area contributed by atoms with E-state index in [0.717, 1.165) is 25.1 Å². The van der Waals surface area contributed by atoms with Crippen molar-refractivity contribution in [2.24, 2.45) is 5.92 Å². The molecule has 0 saturated carbocycles. The number of sulfonamides is 1. The SMILES string of the molecule is CN1CC[C@H]2CN(S(=O)(=O)c3cc(C(=O)O)c(Cl)cc3F)C[C@H]21. The Bertz CT molecular complexity index is 770. The maximum absolute atomic E-state index is 14.1. The van der Waals surface area contributed by atoms with E-state index in [-0.39, 0.29) is 23.5 Å². The van der Waals surface area contributed by atoms with E-state index in [9.17, 15) is 17.6 Å². The Balaban J connectivity index is 1.98. The first-order chi connectivity index (χ1) is 10.7. The number of carboxylic acid groups (broad SMARTS) is 1. The number of nitrogens with zero attached hydrogens (tertiary/aromatic N) is 2. The van der Waals surface area contributed by atoms with Gasteiger partial charge in [-0.05, 0) is 38.1 Å². The number of benzene rings is 1. The van der Waals surface area contributed by atoms with Crippen LogP contribution in [0, 0.1) is 11.7 Å². The van der Waals surface area contributed by atoms with Crippen LogP contribution in [0.3, 0.4) is 0 Å². The predicted octanol–water partition coefficient (Wildman–Crippen LogP) is 1.50. The van der Waals surface area contributed by atoms with Gasteiger partial charge in [-0.15, -0.1) is 0 Å². The Morgan fingerprint density at radius 3 is 2.70 bits per heavy atom. The zero-order valence-corrected chi connectivity index (χ0v) is 13.9. The molecule has 0 bridgehead atoms. The molecule has 126 valence electrons. The molecule has 2 fully saturated rings. The van der Waals surface area contributed by atoms with Gasteiger partial charge in [0.15, 0.2) is 0 Å². The second-order valence-electron chi connectivity index (χ2n) is 5.99. The van der Waals surface area contributed by atoms with Crippen LogP contribution in [0.15, 0.2) is 17.0 Å². The first-order valence-corrected chi connectivity index (χ1v) is 8.96. The third-order valence-electron chi connectivity index (χ3n) is 4.66. The number of hydrogen-bond acceptors (Lipinski definition) is 4. The van der Waals surface area contributed by atoms with Crippen molar-refractivity contribution >= 4 is 27.6 Å². The van der Waals surface area contributed by atoms with Crippen molar-refractivity contribution in [2.75, 3.05) is 26.7 Å². The van der Waals surface area contributed by atoms with Crippen LogP contribution in [-0.4, -0.2) is 61.4 Å². The minimum atomic E-state index is -4.10. The molecule has 2 heterocycles. The average Bonchev–Trinajstić information content (AvgIpc) is 3.01. The summed E-state index contributed by atoms with van der Waals surface area (Å²) in [7, 11) is -2.16. The van der Waals surface area contributed by atoms with E-state index >= 15 is 0 Å². The highest BCUT2D eigenvalue weighted by Gasteiger charge is 2.44. The molecule has 1 N–H and O–H groups in total. The summed E-state index contributed by atoms with van der Waals surface area (Å²) >= 11 is 5.67. The van der Waals surface area contributed by atoms with Gasteiger partial charge in [0.05, 0.1) is 10.6 Å². The quantitative estimate of drug-likeness (QED) is 0.881. The van der Waals surface area contributed by atoms with Crippen LogP contribution in [0.1, 0.15) is 16.8 Å². The lowest BCUT2D eigenvalue weighted by Crippen LogP contribution is -2.35. The van der Waals surface area contributed by atoms with Crippen LogP contribution in [0.4, 0.5) is 4.39 Å². The Kier molecular flexibility index (Phi) is 4.12. The topological polar surface area (TPSA) is 77.9 Å². The Labute approximate surface area is 138 Å². The van der Waals surface area contributed by atoms with Crippen molar-refractivity contribution in [1.82, 2.24) is 9.21 Å². The van der Waals surface area contributed by atoms with Crippen LogP contribution < -0.4 is 0 Å². The molecule has 1 aromatic rings. The van der Waals surface area contributed by atoms with E-state index in [1.807, 2.05) is 7.05 Å². The third-order valence-corrected chi connectivity index (χ3v) is 6.82. The van der Waals surface area contributed by atoms with Crippen molar-refractivity contribution in [3.63, 3.8) is 0 Å². The number of halogens is 2. The fourth-order valence-electron chi connectivity index (χ4n) is 3.36. The molecule has 23 heavy (non-hydrogen) atoms. The third kappa shape index (κ3) is 2.73. The van der Waals surface area contributed by atoms with Gasteiger partial charge in [0.25, 0.3) is 0 Å². The van der Waals surface area contributed by atoms with Crippen LogP contribution in [0.5, 0.6) is 0 Å². The summed E-state index contributed by atoms with van der Waals surface area (Å²) in [5.41, 5.74) is -0.428. The second-order valence-corrected chi connectivity index (χ2v) is 8.30. The molecule has 2 aliphatic heterocycles. The van der Waals surface area contributed by atoms with Crippen molar-refractivity contribution in [3.05, 3.63) is 28.5 Å². The Morgan fingerprint density at radius 2 is 2.09 bits per heavy atom. The lowest BCUT2D eigenvalue weighted by Gasteiger charge is -2.21. The first kappa shape index (κ1) is 16.6. The summed E-state index contributed by atoms with van der Waals surface area (Å²) in [5, 5.41) is 8.73. The molecular formula is C14H16ClFN2O4S. The lowest BCUT2D eigenvalue weighted by molar-refractivity contribution is 0.0696. The van der Waals surface area contributed by atoms with Crippen molar-refractivity contribution in [3.8, 4) is 0 Å². The Hall–Kier alpha value is -1.22. The molecule has 0 spiro atoms. The summed E-state index contributed by atoms with van der Waals surface area (Å²) in [5.74, 6) is -2.21. The van der Waals surface area contributed by atoms with E-state index in [1.165, 1.54) is 4.31 Å². The number of rotatable bonds is 3. The maximum Gasteiger partial charge on any atom is 0.337 e. The van der Waals surface area contributed by atoms with Crippen molar-refractivity contribution < 1.29 is 22.7 Å². The fraction of sp³-hybridized carbons (Fsp3) is 0.500. The van der Waals surface area contributed by atoms with Gasteiger partial charge in [0, 0.05) is 19.1 Å². The zero-order valence-electron chi connectivity index (χ0n) is 12.4. The summed E-state index contributed by atoms with van der Waals surface area (Å²) in [6, 6.07) is 1.66. The van der Waals surface area contributed by atoms with Gasteiger partial charge in [-0.2, -0.15) is 4.31 Å². The van der Waals surface area contributed by atoms with Crippen molar-refractivity contribution in [2.45, 2.75) is 17.4 Å². The molecule has 1 aromatic carbocycles. The summed E-state index contributed by atoms with van der Waals surface area (Å²) < 4.78 is 40.8. The van der Waals surface area contributed by atoms with Crippen LogP contribution in [-0.2, 0) is 10.0 Å². The number of likely N-dealkylation sites (N-methyl/N-ethyl adjacent to an activating group) is 1. The summed E-state index contributed by atoms with van der Waals surface area (Å²) in [6.45, 7) is 1.53. The van der Waals surface area contributed by atoms with Gasteiger partial charge in [0.2, 0.25) is 10.0 Å². The Morgan fingerprint density at radius 1 is 1.39 bits per heavy atom. The number of aromatic carboxylic acids is 1. The number of carboxylic acids is 1. The number of hydrogen-bond donors (Lipinski definition) is 1. The molecule has 9 heteroatoms. The fourth-order valence-corrected chi connectivity index (χ4v) is 5.18. The summed E-state index contributed by atoms with van der Waals surface area (Å²) in [6.07, 6.45) is 0.899. The molecule has 0 radical (unpaired) electrons. The average molecular weight is 363 g/mol. The van der Waals surface area contributed by atoms with Gasteiger partial charge in [-0.3, -0.25) is 0 Å². The van der Waals surface area contributed by atoms with Gasteiger partial charge in [0.1, 0.15) is 10.7 Å². The highest BCUT2D eigenvalue weighted by Crippen LogP contribution is 2.34. The van der Waals surface area contributed by atoms with E-state index in [4.69, 9.17) is 16.7 Å². The van der Waals surface area contributed by atoms with E-state index < -0.39 is 32.3 Å². The van der Waals surface area contributed by atoms with E-state index in [2.05, 4.69) is 4.90 Å². The second kappa shape index (κ2) is 5.70. The molecule has 0 aliphatic carbocycles. The highest BCUT2D eigenvalue weighted by atomic mass is 35.5. The number of likely N-dealkylation sites (tertiary alicyclic amines) is 1. The first-order valence-electron chi connectivity index (χ1n) is 7.14. The van der Waals surface area contributed by atoms with Crippen LogP contribution in [0.2, 0.25) is 5.02 Å². The summed E-state index contributed by atoms with van der Waals surface area (Å²) in [4.78, 5) is 12.6. The van der Waals surface area contributed by atoms with E-state index in [0.29, 0.717) is 6.54 Å². The van der Waals surface area contributed by atoms with Gasteiger partial charge in [-0.1, -0.05) is 11.6 Å². The molecule has 2 saturated heterocycles. The van der Waals surface area contributed by atoms with Crippen LogP contribution in [0.25, 0.3) is 0 Å². The van der Waals surface area contributed by atoms with Crippen LogP contribution >= 0.6 is 11.6 Å². The normalized spacial score (nSPS) is 25.7. The molecule has 3 rings (SSSR count). The number of carbonyl (C=O) groups is 1. The minimum absolute atomic E-state index is 0.124. The molecule has 0 amide bonds. The number of fused-ring (bicyclic) bond motifs is 1. The minimum Gasteiger partial charge on any atom is -0.478 e. The molecule has 2 atom stereocenters. The molecule has 0 aromatic heterocycles. The maximum atomic E-state index is 14.1. The smallest absolute Gasteiger partial charge is 0.337 e. The largest absolute Gasteiger partial charge is 0.478 e. The van der Waals surface area contributed by atoms with Gasteiger partial charge < -0.3 is 10.0 Å². The van der Waals surface area contributed by atoms with Gasteiger partial charge in [-0.25, -0.2) is 17.6 Å². The molecule has 6 nitrogen and oxygen atoms in total. The van der Waals surface area contributed by atoms with Gasteiger partial charge >= 0.3 is 5.97 Å². The highest BCUT2D eigenvalue weighted by molar-refractivity contribution is 7.89. The van der Waals surface area contributed by atoms with Crippen molar-refractivity contribution in [1.29, 1.82) is 0 Å². The molecule has 0 unspecified atom stereocenters. The standard InChI is InChI=1S/C14H16ClFN2O4S/c1-17-3-2-8-6-18(7-12(8)17)23(21,22)13-4-9(14(19)20)10(15)5-11(13)16/h4-5,8,12H,2-3,6-7H2,1H3,(H,19,20)/t8-,12+/m0/s1.